The summed E-state index contributed by atoms with van der Waals surface area (Å²) in [7, 11) is 0. The molecule has 2 nitrogen and oxygen atoms in total. The van der Waals surface area contributed by atoms with E-state index in [0.717, 1.165) is 33.9 Å². The summed E-state index contributed by atoms with van der Waals surface area (Å²) in [5.41, 5.74) is 12.5. The maximum atomic E-state index is 5.21. The second-order valence-electron chi connectivity index (χ2n) is 12.2. The maximum Gasteiger partial charge on any atom is 0.160 e. The molecule has 0 amide bonds. The van der Waals surface area contributed by atoms with E-state index >= 15 is 0 Å². The predicted octanol–water partition coefficient (Wildman–Crippen LogP) is 11.5. The lowest BCUT2D eigenvalue weighted by atomic mass is 9.67. The average Bonchev–Trinajstić information content (AvgIpc) is 3.72. The van der Waals surface area contributed by atoms with Gasteiger partial charge in [-0.1, -0.05) is 121 Å². The number of aromatic nitrogens is 2. The summed E-state index contributed by atoms with van der Waals surface area (Å²) < 4.78 is 1.32. The number of hydrogen-bond donors (Lipinski definition) is 0. The Bertz CT molecular complexity index is 2440. The summed E-state index contributed by atoms with van der Waals surface area (Å²) in [6, 6.07) is 54.9. The topological polar surface area (TPSA) is 25.8 Å². The van der Waals surface area contributed by atoms with Crippen LogP contribution in [-0.2, 0) is 5.41 Å². The average molecular weight is 635 g/mol. The van der Waals surface area contributed by atoms with Crippen molar-refractivity contribution in [2.45, 2.75) is 15.2 Å². The van der Waals surface area contributed by atoms with Crippen molar-refractivity contribution in [2.24, 2.45) is 0 Å². The molecule has 0 bridgehead atoms. The first kappa shape index (κ1) is 26.9. The van der Waals surface area contributed by atoms with Gasteiger partial charge in [-0.15, -0.1) is 11.3 Å². The van der Waals surface area contributed by atoms with Crippen molar-refractivity contribution < 1.29 is 0 Å². The Morgan fingerprint density at radius 2 is 1.13 bits per heavy atom. The monoisotopic (exact) mass is 634 g/mol. The Labute approximate surface area is 281 Å². The van der Waals surface area contributed by atoms with Gasteiger partial charge in [0.25, 0.3) is 0 Å². The van der Waals surface area contributed by atoms with E-state index in [-0.39, 0.29) is 0 Å². The Morgan fingerprint density at radius 3 is 1.96 bits per heavy atom. The van der Waals surface area contributed by atoms with Gasteiger partial charge in [0, 0.05) is 31.2 Å². The smallest absolute Gasteiger partial charge is 0.160 e. The Morgan fingerprint density at radius 1 is 0.447 bits per heavy atom. The van der Waals surface area contributed by atoms with E-state index in [1.165, 1.54) is 53.3 Å². The van der Waals surface area contributed by atoms with Crippen LogP contribution in [0.2, 0.25) is 0 Å². The molecule has 2 aromatic heterocycles. The SMILES string of the molecule is c1ccc(-c2cc(-c3ccc4c(c3)C3(c5ccccc5S4)c4ccccc4-c4cc5ccsc5cc43)nc(-c3ccccc3)n2)cc1. The third-order valence-corrected chi connectivity index (χ3v) is 11.7. The highest BCUT2D eigenvalue weighted by Crippen LogP contribution is 2.63. The molecular formula is C43H26N2S2. The van der Waals surface area contributed by atoms with Crippen LogP contribution in [0, 0.1) is 0 Å². The zero-order valence-corrected chi connectivity index (χ0v) is 26.9. The van der Waals surface area contributed by atoms with Crippen LogP contribution in [0.4, 0.5) is 0 Å². The lowest BCUT2D eigenvalue weighted by Crippen LogP contribution is -2.32. The number of rotatable bonds is 3. The van der Waals surface area contributed by atoms with E-state index in [2.05, 4.69) is 133 Å². The van der Waals surface area contributed by atoms with Crippen LogP contribution in [0.3, 0.4) is 0 Å². The van der Waals surface area contributed by atoms with E-state index in [1.807, 2.05) is 47.4 Å². The minimum atomic E-state index is -0.450. The van der Waals surface area contributed by atoms with Gasteiger partial charge in [0.15, 0.2) is 5.82 Å². The standard InChI is InChI=1S/C43H26N2S2/c1-3-11-27(12-4-1)37-26-38(45-42(44-37)28-13-5-2-6-14-28)29-19-20-40-36(24-29)43(34-17-9-10-18-39(34)47-40)33-16-8-7-15-31(33)32-23-30-21-22-46-41(30)25-35(32)43/h1-26H. The molecule has 4 heteroatoms. The molecule has 1 unspecified atom stereocenters. The third-order valence-electron chi connectivity index (χ3n) is 9.64. The summed E-state index contributed by atoms with van der Waals surface area (Å²) in [6.45, 7) is 0. The molecule has 0 saturated heterocycles. The van der Waals surface area contributed by atoms with Gasteiger partial charge in [0.2, 0.25) is 0 Å². The molecule has 8 aromatic rings. The zero-order valence-electron chi connectivity index (χ0n) is 25.2. The fourth-order valence-electron chi connectivity index (χ4n) is 7.58. The quantitative estimate of drug-likeness (QED) is 0.193. The Hall–Kier alpha value is -5.29. The molecule has 47 heavy (non-hydrogen) atoms. The first-order valence-corrected chi connectivity index (χ1v) is 17.5. The largest absolute Gasteiger partial charge is 0.228 e. The van der Waals surface area contributed by atoms with Crippen molar-refractivity contribution in [2.75, 3.05) is 0 Å². The highest BCUT2D eigenvalue weighted by Gasteiger charge is 2.50. The van der Waals surface area contributed by atoms with Gasteiger partial charge >= 0.3 is 0 Å². The number of nitrogens with zero attached hydrogens (tertiary/aromatic N) is 2. The van der Waals surface area contributed by atoms with Crippen molar-refractivity contribution in [1.29, 1.82) is 0 Å². The molecule has 3 heterocycles. The molecule has 0 N–H and O–H groups in total. The van der Waals surface area contributed by atoms with Crippen molar-refractivity contribution in [3.05, 3.63) is 179 Å². The van der Waals surface area contributed by atoms with E-state index in [0.29, 0.717) is 0 Å². The zero-order chi connectivity index (χ0) is 31.0. The van der Waals surface area contributed by atoms with Crippen LogP contribution in [0.1, 0.15) is 22.3 Å². The van der Waals surface area contributed by atoms with Crippen LogP contribution in [0.25, 0.3) is 55.1 Å². The summed E-state index contributed by atoms with van der Waals surface area (Å²) >= 11 is 3.69. The van der Waals surface area contributed by atoms with Crippen LogP contribution in [-0.4, -0.2) is 9.97 Å². The van der Waals surface area contributed by atoms with Gasteiger partial charge in [-0.05, 0) is 86.6 Å². The molecule has 1 atom stereocenters. The molecule has 0 radical (unpaired) electrons. The highest BCUT2D eigenvalue weighted by molar-refractivity contribution is 7.99. The van der Waals surface area contributed by atoms with E-state index in [1.54, 1.807) is 0 Å². The lowest BCUT2D eigenvalue weighted by molar-refractivity contribution is 0.723. The van der Waals surface area contributed by atoms with Gasteiger partial charge in [-0.3, -0.25) is 0 Å². The number of thiophene rings is 1. The highest BCUT2D eigenvalue weighted by atomic mass is 32.2. The summed E-state index contributed by atoms with van der Waals surface area (Å²) in [5, 5.41) is 3.51. The third kappa shape index (κ3) is 3.99. The van der Waals surface area contributed by atoms with E-state index < -0.39 is 5.41 Å². The van der Waals surface area contributed by atoms with Crippen LogP contribution >= 0.6 is 23.1 Å². The van der Waals surface area contributed by atoms with Crippen LogP contribution in [0.5, 0.6) is 0 Å². The minimum Gasteiger partial charge on any atom is -0.228 e. The molecule has 0 fully saturated rings. The molecule has 10 rings (SSSR count). The first-order chi connectivity index (χ1) is 23.3. The van der Waals surface area contributed by atoms with Crippen LogP contribution in [0.15, 0.2) is 167 Å². The molecule has 1 aliphatic heterocycles. The van der Waals surface area contributed by atoms with Gasteiger partial charge in [0.05, 0.1) is 16.8 Å². The molecule has 1 aliphatic carbocycles. The van der Waals surface area contributed by atoms with Crippen LogP contribution < -0.4 is 0 Å². The van der Waals surface area contributed by atoms with E-state index in [9.17, 15) is 0 Å². The summed E-state index contributed by atoms with van der Waals surface area (Å²) in [6.07, 6.45) is 0. The second-order valence-corrected chi connectivity index (χ2v) is 14.2. The van der Waals surface area contributed by atoms with Gasteiger partial charge < -0.3 is 0 Å². The number of benzene rings is 6. The molecule has 6 aromatic carbocycles. The van der Waals surface area contributed by atoms with Crippen molar-refractivity contribution in [3.63, 3.8) is 0 Å². The number of fused-ring (bicyclic) bond motifs is 10. The molecule has 2 aliphatic rings. The predicted molar refractivity (Wildman–Crippen MR) is 195 cm³/mol. The van der Waals surface area contributed by atoms with Gasteiger partial charge in [-0.2, -0.15) is 0 Å². The Kier molecular flexibility index (Phi) is 5.93. The maximum absolute atomic E-state index is 5.21. The van der Waals surface area contributed by atoms with Crippen molar-refractivity contribution >= 4 is 33.2 Å². The van der Waals surface area contributed by atoms with E-state index in [4.69, 9.17) is 9.97 Å². The lowest BCUT2D eigenvalue weighted by Gasteiger charge is -2.40. The second kappa shape index (κ2) is 10.4. The molecule has 0 saturated carbocycles. The summed E-state index contributed by atoms with van der Waals surface area (Å²) in [5.74, 6) is 0.728. The molecule has 1 spiro atoms. The molecule has 220 valence electrons. The van der Waals surface area contributed by atoms with Gasteiger partial charge in [-0.25, -0.2) is 9.97 Å². The normalized spacial score (nSPS) is 15.7. The van der Waals surface area contributed by atoms with Crippen molar-refractivity contribution in [1.82, 2.24) is 9.97 Å². The first-order valence-electron chi connectivity index (χ1n) is 15.8. The van der Waals surface area contributed by atoms with Crippen molar-refractivity contribution in [3.8, 4) is 45.0 Å². The fraction of sp³-hybridized carbons (Fsp3) is 0.0233. The fourth-order valence-corrected chi connectivity index (χ4v) is 9.56. The Balaban J connectivity index is 1.27. The van der Waals surface area contributed by atoms with Gasteiger partial charge in [0.1, 0.15) is 0 Å². The summed E-state index contributed by atoms with van der Waals surface area (Å²) in [4.78, 5) is 12.9. The minimum absolute atomic E-state index is 0.450. The number of hydrogen-bond acceptors (Lipinski definition) is 4. The molecular weight excluding hydrogens is 609 g/mol.